The molecule has 3 rings (SSSR count). The zero-order valence-electron chi connectivity index (χ0n) is 16.0. The molecule has 1 saturated heterocycles. The number of aliphatic hydroxyl groups excluding tert-OH is 2. The highest BCUT2D eigenvalue weighted by Gasteiger charge is 2.57. The molecule has 3 heterocycles. The van der Waals surface area contributed by atoms with Gasteiger partial charge in [-0.2, -0.15) is 10.4 Å². The van der Waals surface area contributed by atoms with E-state index in [1.54, 1.807) is 6.07 Å². The van der Waals surface area contributed by atoms with Gasteiger partial charge in [0.25, 0.3) is 0 Å². The molecular formula is C17H23N7O5. The minimum absolute atomic E-state index is 0.175. The third kappa shape index (κ3) is 3.81. The van der Waals surface area contributed by atoms with Crippen LogP contribution in [0.5, 0.6) is 0 Å². The molecular weight excluding hydrogens is 382 g/mol. The van der Waals surface area contributed by atoms with E-state index in [0.717, 1.165) is 0 Å². The Morgan fingerprint density at radius 1 is 1.52 bits per heavy atom. The fourth-order valence-electron chi connectivity index (χ4n) is 3.14. The summed E-state index contributed by atoms with van der Waals surface area (Å²) in [6.45, 7) is 0.651. The molecule has 5 N–H and O–H groups in total. The number of nitrogens with one attached hydrogen (secondary N) is 1. The van der Waals surface area contributed by atoms with Crippen molar-refractivity contribution in [2.75, 3.05) is 39.5 Å². The number of hydrogen-bond donors (Lipinski definition) is 4. The maximum absolute atomic E-state index is 11.8. The van der Waals surface area contributed by atoms with E-state index >= 15 is 0 Å². The molecule has 0 saturated carbocycles. The molecule has 12 nitrogen and oxygen atoms in total. The van der Waals surface area contributed by atoms with E-state index in [0.29, 0.717) is 18.6 Å². The van der Waals surface area contributed by atoms with Gasteiger partial charge in [0, 0.05) is 13.1 Å². The van der Waals surface area contributed by atoms with Crippen molar-refractivity contribution in [3.8, 4) is 6.07 Å². The Hall–Kier alpha value is -2.98. The molecule has 1 amide bonds. The van der Waals surface area contributed by atoms with Crippen LogP contribution in [0.2, 0.25) is 0 Å². The van der Waals surface area contributed by atoms with Gasteiger partial charge in [-0.05, 0) is 26.2 Å². The van der Waals surface area contributed by atoms with Gasteiger partial charge in [-0.25, -0.2) is 14.3 Å². The van der Waals surface area contributed by atoms with Crippen molar-refractivity contribution in [2.24, 2.45) is 0 Å². The Bertz CT molecular complexity index is 927. The lowest BCUT2D eigenvalue weighted by Crippen LogP contribution is -2.41. The summed E-state index contributed by atoms with van der Waals surface area (Å²) in [7, 11) is 3.73. The fourth-order valence-corrected chi connectivity index (χ4v) is 3.14. The second-order valence-electron chi connectivity index (χ2n) is 6.93. The summed E-state index contributed by atoms with van der Waals surface area (Å²) in [4.78, 5) is 17.6. The number of carbonyl (C=O) groups is 1. The SMILES string of the molecule is CN(C)CCNC(=O)OC[C@H]1O[C@@](C#N)(c2ccc3c(N)ncnn23)[C@H](O)[C@@H]1O. The summed E-state index contributed by atoms with van der Waals surface area (Å²) in [6, 6.07) is 5.01. The van der Waals surface area contributed by atoms with E-state index in [9.17, 15) is 20.3 Å². The van der Waals surface area contributed by atoms with Crippen LogP contribution in [-0.4, -0.2) is 87.9 Å². The van der Waals surface area contributed by atoms with E-state index in [1.165, 1.54) is 16.9 Å². The van der Waals surface area contributed by atoms with Crippen LogP contribution in [0.25, 0.3) is 5.52 Å². The summed E-state index contributed by atoms with van der Waals surface area (Å²) in [6.07, 6.45) is -3.68. The number of carbonyl (C=O) groups excluding carboxylic acids is 1. The monoisotopic (exact) mass is 405 g/mol. The maximum atomic E-state index is 11.8. The molecule has 1 aliphatic rings. The second kappa shape index (κ2) is 8.18. The molecule has 0 aliphatic carbocycles. The number of nitrogens with two attached hydrogens (primary N) is 1. The van der Waals surface area contributed by atoms with Gasteiger partial charge in [0.15, 0.2) is 5.82 Å². The number of nitrogen functional groups attached to an aromatic ring is 1. The molecule has 2 aromatic heterocycles. The summed E-state index contributed by atoms with van der Waals surface area (Å²) < 4.78 is 12.1. The number of ether oxygens (including phenoxy) is 2. The van der Waals surface area contributed by atoms with Crippen LogP contribution in [0.15, 0.2) is 18.5 Å². The number of rotatable bonds is 6. The molecule has 29 heavy (non-hydrogen) atoms. The van der Waals surface area contributed by atoms with Gasteiger partial charge in [0.2, 0.25) is 5.60 Å². The number of likely N-dealkylation sites (N-methyl/N-ethyl adjacent to an activating group) is 1. The van der Waals surface area contributed by atoms with E-state index in [4.69, 9.17) is 15.2 Å². The van der Waals surface area contributed by atoms with Gasteiger partial charge in [0.05, 0.1) is 5.69 Å². The van der Waals surface area contributed by atoms with Crippen molar-refractivity contribution in [1.29, 1.82) is 5.26 Å². The third-order valence-corrected chi connectivity index (χ3v) is 4.69. The molecule has 12 heteroatoms. The first-order chi connectivity index (χ1) is 13.8. The summed E-state index contributed by atoms with van der Waals surface area (Å²) in [5.74, 6) is 0.182. The van der Waals surface area contributed by atoms with Crippen molar-refractivity contribution in [3.05, 3.63) is 24.2 Å². The third-order valence-electron chi connectivity index (χ3n) is 4.69. The zero-order chi connectivity index (χ0) is 21.2. The number of nitriles is 1. The predicted molar refractivity (Wildman–Crippen MR) is 99.5 cm³/mol. The number of aliphatic hydroxyl groups is 2. The number of anilines is 1. The van der Waals surface area contributed by atoms with Crippen LogP contribution in [-0.2, 0) is 15.1 Å². The Balaban J connectivity index is 1.75. The molecule has 0 spiro atoms. The quantitative estimate of drug-likeness (QED) is 0.440. The van der Waals surface area contributed by atoms with Crippen LogP contribution >= 0.6 is 0 Å². The molecule has 0 unspecified atom stereocenters. The Kier molecular flexibility index (Phi) is 5.85. The largest absolute Gasteiger partial charge is 0.447 e. The smallest absolute Gasteiger partial charge is 0.407 e. The minimum Gasteiger partial charge on any atom is -0.447 e. The minimum atomic E-state index is -1.93. The zero-order valence-corrected chi connectivity index (χ0v) is 16.0. The lowest BCUT2D eigenvalue weighted by Gasteiger charge is -2.24. The summed E-state index contributed by atoms with van der Waals surface area (Å²) >= 11 is 0. The van der Waals surface area contributed by atoms with Crippen LogP contribution in [0, 0.1) is 11.3 Å². The van der Waals surface area contributed by atoms with E-state index in [2.05, 4.69) is 15.4 Å². The van der Waals surface area contributed by atoms with Crippen LogP contribution in [0.3, 0.4) is 0 Å². The van der Waals surface area contributed by atoms with Gasteiger partial charge < -0.3 is 35.6 Å². The number of nitrogens with zero attached hydrogens (tertiary/aromatic N) is 5. The molecule has 2 aromatic rings. The topological polar surface area (TPSA) is 171 Å². The van der Waals surface area contributed by atoms with E-state index < -0.39 is 30.0 Å². The average Bonchev–Trinajstić information content (AvgIpc) is 3.22. The molecule has 0 bridgehead atoms. The van der Waals surface area contributed by atoms with E-state index in [1.807, 2.05) is 25.1 Å². The predicted octanol–water partition coefficient (Wildman–Crippen LogP) is -1.56. The van der Waals surface area contributed by atoms with Gasteiger partial charge in [-0.3, -0.25) is 0 Å². The van der Waals surface area contributed by atoms with E-state index in [-0.39, 0.29) is 18.1 Å². The standard InChI is InChI=1S/C17H23N7O5/c1-23(2)6-5-20-16(27)28-7-11-13(25)14(26)17(8-18,29-11)12-4-3-10-15(19)21-9-22-24(10)12/h3-4,9,11,13-14,25-26H,5-7H2,1-2H3,(H,20,27)(H2,19,21,22)/t11-,13-,14-,17+/m1/s1. The van der Waals surface area contributed by atoms with Crippen molar-refractivity contribution in [3.63, 3.8) is 0 Å². The highest BCUT2D eigenvalue weighted by molar-refractivity contribution is 5.67. The molecule has 1 aliphatic heterocycles. The van der Waals surface area contributed by atoms with Crippen molar-refractivity contribution >= 4 is 17.4 Å². The van der Waals surface area contributed by atoms with Gasteiger partial charge in [0.1, 0.15) is 42.8 Å². The highest BCUT2D eigenvalue weighted by atomic mass is 16.6. The van der Waals surface area contributed by atoms with Gasteiger partial charge in [-0.15, -0.1) is 0 Å². The lowest BCUT2D eigenvalue weighted by atomic mass is 9.92. The van der Waals surface area contributed by atoms with Crippen LogP contribution in [0.1, 0.15) is 5.69 Å². The molecule has 1 fully saturated rings. The van der Waals surface area contributed by atoms with Crippen molar-refractivity contribution in [2.45, 2.75) is 23.9 Å². The van der Waals surface area contributed by atoms with Crippen LogP contribution in [0.4, 0.5) is 10.6 Å². The van der Waals surface area contributed by atoms with Crippen LogP contribution < -0.4 is 11.1 Å². The first kappa shape index (κ1) is 20.7. The molecule has 4 atom stereocenters. The first-order valence-electron chi connectivity index (χ1n) is 8.89. The van der Waals surface area contributed by atoms with Gasteiger partial charge >= 0.3 is 6.09 Å². The molecule has 156 valence electrons. The summed E-state index contributed by atoms with van der Waals surface area (Å²) in [5.41, 5.74) is 4.47. The molecule has 0 radical (unpaired) electrons. The normalized spacial score (nSPS) is 26.6. The number of fused-ring (bicyclic) bond motifs is 1. The fraction of sp³-hybridized carbons (Fsp3) is 0.529. The highest BCUT2D eigenvalue weighted by Crippen LogP contribution is 2.40. The number of aromatic nitrogens is 3. The van der Waals surface area contributed by atoms with Crippen molar-refractivity contribution < 1.29 is 24.5 Å². The number of hydrogen-bond acceptors (Lipinski definition) is 10. The second-order valence-corrected chi connectivity index (χ2v) is 6.93. The Morgan fingerprint density at radius 2 is 2.28 bits per heavy atom. The average molecular weight is 405 g/mol. The lowest BCUT2D eigenvalue weighted by molar-refractivity contribution is -0.0659. The first-order valence-corrected chi connectivity index (χ1v) is 8.89. The number of amides is 1. The number of alkyl carbamates (subject to hydrolysis) is 1. The van der Waals surface area contributed by atoms with Gasteiger partial charge in [-0.1, -0.05) is 0 Å². The molecule has 0 aromatic carbocycles. The maximum Gasteiger partial charge on any atom is 0.407 e. The van der Waals surface area contributed by atoms with Crippen molar-refractivity contribution in [1.82, 2.24) is 24.8 Å². The Labute approximate surface area is 166 Å². The summed E-state index contributed by atoms with van der Waals surface area (Å²) in [5, 5.41) is 37.4. The Morgan fingerprint density at radius 3 is 2.97 bits per heavy atom.